The van der Waals surface area contributed by atoms with Gasteiger partial charge in [-0.2, -0.15) is 0 Å². The molecule has 0 aromatic rings. The zero-order valence-corrected chi connectivity index (χ0v) is 10.9. The van der Waals surface area contributed by atoms with Crippen LogP contribution >= 0.6 is 0 Å². The summed E-state index contributed by atoms with van der Waals surface area (Å²) in [5.74, 6) is 1.48. The summed E-state index contributed by atoms with van der Waals surface area (Å²) >= 11 is 0. The zero-order chi connectivity index (χ0) is 11.5. The molecule has 0 amide bonds. The fourth-order valence-electron chi connectivity index (χ4n) is 2.01. The molecule has 0 spiro atoms. The van der Waals surface area contributed by atoms with Crippen LogP contribution in [0, 0.1) is 11.8 Å². The van der Waals surface area contributed by atoms with Crippen LogP contribution in [0.5, 0.6) is 0 Å². The van der Waals surface area contributed by atoms with Crippen molar-refractivity contribution in [3.05, 3.63) is 0 Å². The molecule has 1 unspecified atom stereocenters. The van der Waals surface area contributed by atoms with E-state index in [-0.39, 0.29) is 0 Å². The van der Waals surface area contributed by atoms with Gasteiger partial charge in [0.1, 0.15) is 0 Å². The molecule has 3 nitrogen and oxygen atoms in total. The second kappa shape index (κ2) is 5.30. The van der Waals surface area contributed by atoms with Crippen molar-refractivity contribution in [1.82, 2.24) is 4.31 Å². The van der Waals surface area contributed by atoms with E-state index in [1.54, 1.807) is 4.31 Å². The summed E-state index contributed by atoms with van der Waals surface area (Å²) < 4.78 is 25.5. The normalized spacial score (nSPS) is 23.9. The first-order chi connectivity index (χ1) is 6.97. The molecule has 0 saturated carbocycles. The summed E-state index contributed by atoms with van der Waals surface area (Å²) in [5.41, 5.74) is 0. The smallest absolute Gasteiger partial charge is 0.212 e. The highest BCUT2D eigenvalue weighted by molar-refractivity contribution is 7.89. The predicted octanol–water partition coefficient (Wildman–Crippen LogP) is 2.09. The maximum absolute atomic E-state index is 11.9. The molecular formula is C11H23NO2S. The molecule has 1 heterocycles. The molecule has 1 aliphatic heterocycles. The molecule has 0 bridgehead atoms. The molecule has 1 saturated heterocycles. The third-order valence-electron chi connectivity index (χ3n) is 3.28. The Morgan fingerprint density at radius 3 is 2.53 bits per heavy atom. The van der Waals surface area contributed by atoms with Crippen molar-refractivity contribution in [1.29, 1.82) is 0 Å². The molecule has 4 heteroatoms. The standard InChI is InChI=1S/C11H23NO2S/c1-4-5-8-15(13,14)12-7-6-11(9-12)10(2)3/h10-11H,4-9H2,1-3H3. The molecule has 0 aromatic carbocycles. The summed E-state index contributed by atoms with van der Waals surface area (Å²) in [6.07, 6.45) is 2.76. The van der Waals surface area contributed by atoms with E-state index in [1.165, 1.54) is 0 Å². The van der Waals surface area contributed by atoms with Crippen molar-refractivity contribution in [2.24, 2.45) is 11.8 Å². The van der Waals surface area contributed by atoms with E-state index >= 15 is 0 Å². The topological polar surface area (TPSA) is 37.4 Å². The van der Waals surface area contributed by atoms with Gasteiger partial charge in [0.05, 0.1) is 5.75 Å². The van der Waals surface area contributed by atoms with Gasteiger partial charge in [-0.05, 0) is 24.7 Å². The van der Waals surface area contributed by atoms with E-state index in [0.29, 0.717) is 17.6 Å². The second-order valence-corrected chi connectivity index (χ2v) is 6.91. The largest absolute Gasteiger partial charge is 0.214 e. The van der Waals surface area contributed by atoms with Gasteiger partial charge in [0.15, 0.2) is 0 Å². The lowest BCUT2D eigenvalue weighted by atomic mass is 9.96. The second-order valence-electron chi connectivity index (χ2n) is 4.82. The van der Waals surface area contributed by atoms with Crippen LogP contribution in [-0.2, 0) is 10.0 Å². The van der Waals surface area contributed by atoms with Crippen molar-refractivity contribution in [2.45, 2.75) is 40.0 Å². The molecule has 0 aliphatic carbocycles. The average Bonchev–Trinajstić information content (AvgIpc) is 2.64. The molecule has 15 heavy (non-hydrogen) atoms. The Balaban J connectivity index is 2.52. The van der Waals surface area contributed by atoms with Crippen LogP contribution in [-0.4, -0.2) is 31.6 Å². The van der Waals surface area contributed by atoms with Gasteiger partial charge in [0.25, 0.3) is 0 Å². The minimum absolute atomic E-state index is 0.328. The van der Waals surface area contributed by atoms with E-state index in [0.717, 1.165) is 32.4 Å². The van der Waals surface area contributed by atoms with E-state index < -0.39 is 10.0 Å². The summed E-state index contributed by atoms with van der Waals surface area (Å²) in [6, 6.07) is 0. The van der Waals surface area contributed by atoms with Crippen molar-refractivity contribution in [3.8, 4) is 0 Å². The number of rotatable bonds is 5. The Labute approximate surface area is 93.9 Å². The van der Waals surface area contributed by atoms with Crippen LogP contribution in [0.4, 0.5) is 0 Å². The highest BCUT2D eigenvalue weighted by atomic mass is 32.2. The predicted molar refractivity (Wildman–Crippen MR) is 63.2 cm³/mol. The Kier molecular flexibility index (Phi) is 4.59. The van der Waals surface area contributed by atoms with Gasteiger partial charge >= 0.3 is 0 Å². The maximum Gasteiger partial charge on any atom is 0.214 e. The fourth-order valence-corrected chi connectivity index (χ4v) is 3.72. The van der Waals surface area contributed by atoms with E-state index in [4.69, 9.17) is 0 Å². The highest BCUT2D eigenvalue weighted by Gasteiger charge is 2.31. The number of unbranched alkanes of at least 4 members (excludes halogenated alkanes) is 1. The van der Waals surface area contributed by atoms with Gasteiger partial charge < -0.3 is 0 Å². The lowest BCUT2D eigenvalue weighted by molar-refractivity contribution is 0.388. The van der Waals surface area contributed by atoms with Crippen molar-refractivity contribution in [2.75, 3.05) is 18.8 Å². The minimum Gasteiger partial charge on any atom is -0.212 e. The van der Waals surface area contributed by atoms with E-state index in [2.05, 4.69) is 13.8 Å². The van der Waals surface area contributed by atoms with Crippen molar-refractivity contribution in [3.63, 3.8) is 0 Å². The van der Waals surface area contributed by atoms with E-state index in [9.17, 15) is 8.42 Å². The molecule has 0 aromatic heterocycles. The molecule has 1 rings (SSSR count). The minimum atomic E-state index is -2.96. The fraction of sp³-hybridized carbons (Fsp3) is 1.00. The van der Waals surface area contributed by atoms with Gasteiger partial charge in [-0.1, -0.05) is 27.2 Å². The lowest BCUT2D eigenvalue weighted by Gasteiger charge is -2.17. The van der Waals surface area contributed by atoms with Gasteiger partial charge in [-0.3, -0.25) is 0 Å². The third kappa shape index (κ3) is 3.45. The average molecular weight is 233 g/mol. The van der Waals surface area contributed by atoms with Crippen LogP contribution in [0.3, 0.4) is 0 Å². The molecule has 1 fully saturated rings. The van der Waals surface area contributed by atoms with Gasteiger partial charge in [0, 0.05) is 13.1 Å². The summed E-state index contributed by atoms with van der Waals surface area (Å²) in [7, 11) is -2.96. The number of hydrogen-bond acceptors (Lipinski definition) is 2. The number of hydrogen-bond donors (Lipinski definition) is 0. The molecule has 0 radical (unpaired) electrons. The number of nitrogens with zero attached hydrogens (tertiary/aromatic N) is 1. The van der Waals surface area contributed by atoms with Crippen LogP contribution in [0.15, 0.2) is 0 Å². The van der Waals surface area contributed by atoms with Gasteiger partial charge in [0.2, 0.25) is 10.0 Å². The first-order valence-corrected chi connectivity index (χ1v) is 7.56. The first kappa shape index (κ1) is 13.0. The quantitative estimate of drug-likeness (QED) is 0.729. The summed E-state index contributed by atoms with van der Waals surface area (Å²) in [5, 5.41) is 0. The van der Waals surface area contributed by atoms with Gasteiger partial charge in [-0.25, -0.2) is 12.7 Å². The summed E-state index contributed by atoms with van der Waals surface area (Å²) in [6.45, 7) is 7.84. The zero-order valence-electron chi connectivity index (χ0n) is 10.1. The molecule has 1 aliphatic rings. The summed E-state index contributed by atoms with van der Waals surface area (Å²) in [4.78, 5) is 0. The van der Waals surface area contributed by atoms with Crippen molar-refractivity contribution >= 4 is 10.0 Å². The Hall–Kier alpha value is -0.0900. The van der Waals surface area contributed by atoms with Crippen LogP contribution < -0.4 is 0 Å². The molecule has 1 atom stereocenters. The van der Waals surface area contributed by atoms with Crippen LogP contribution in [0.25, 0.3) is 0 Å². The molecule has 0 N–H and O–H groups in total. The van der Waals surface area contributed by atoms with Crippen LogP contribution in [0.2, 0.25) is 0 Å². The Morgan fingerprint density at radius 2 is 2.07 bits per heavy atom. The SMILES string of the molecule is CCCCS(=O)(=O)N1CCC(C(C)C)C1. The molecule has 90 valence electrons. The first-order valence-electron chi connectivity index (χ1n) is 5.95. The maximum atomic E-state index is 11.9. The number of sulfonamides is 1. The van der Waals surface area contributed by atoms with E-state index in [1.807, 2.05) is 6.92 Å². The highest BCUT2D eigenvalue weighted by Crippen LogP contribution is 2.25. The third-order valence-corrected chi connectivity index (χ3v) is 5.20. The lowest BCUT2D eigenvalue weighted by Crippen LogP contribution is -2.31. The van der Waals surface area contributed by atoms with Crippen molar-refractivity contribution < 1.29 is 8.42 Å². The molecular weight excluding hydrogens is 210 g/mol. The monoisotopic (exact) mass is 233 g/mol. The van der Waals surface area contributed by atoms with Crippen LogP contribution in [0.1, 0.15) is 40.0 Å². The Bertz CT molecular complexity index is 285. The Morgan fingerprint density at radius 1 is 1.40 bits per heavy atom. The van der Waals surface area contributed by atoms with Gasteiger partial charge in [-0.15, -0.1) is 0 Å².